The Morgan fingerprint density at radius 2 is 2.03 bits per heavy atom. The van der Waals surface area contributed by atoms with Gasteiger partial charge in [0.25, 0.3) is 0 Å². The van der Waals surface area contributed by atoms with E-state index in [1.165, 1.54) is 6.21 Å². The molecule has 0 fully saturated rings. The van der Waals surface area contributed by atoms with Gasteiger partial charge in [-0.05, 0) is 43.3 Å². The van der Waals surface area contributed by atoms with Crippen molar-refractivity contribution < 1.29 is 4.79 Å². The van der Waals surface area contributed by atoms with E-state index < -0.39 is 6.03 Å². The van der Waals surface area contributed by atoms with Gasteiger partial charge >= 0.3 is 6.03 Å². The van der Waals surface area contributed by atoms with E-state index >= 15 is 0 Å². The van der Waals surface area contributed by atoms with Gasteiger partial charge in [-0.25, -0.2) is 15.3 Å². The number of carbonyl (C=O) groups excluding carboxylic acids is 1. The van der Waals surface area contributed by atoms with Crippen LogP contribution in [0.1, 0.15) is 35.0 Å². The van der Waals surface area contributed by atoms with Crippen LogP contribution in [-0.4, -0.2) is 28.8 Å². The van der Waals surface area contributed by atoms with Gasteiger partial charge < -0.3 is 21.4 Å². The molecule has 1 unspecified atom stereocenters. The summed E-state index contributed by atoms with van der Waals surface area (Å²) < 4.78 is 0. The molecule has 35 heavy (non-hydrogen) atoms. The topological polar surface area (TPSA) is 151 Å². The highest BCUT2D eigenvalue weighted by Crippen LogP contribution is 2.26. The van der Waals surface area contributed by atoms with Gasteiger partial charge in [-0.2, -0.15) is 5.11 Å². The van der Waals surface area contributed by atoms with Gasteiger partial charge in [0.1, 0.15) is 5.82 Å². The maximum Gasteiger partial charge on any atom is 0.320 e. The largest absolute Gasteiger partial charge is 0.386 e. The van der Waals surface area contributed by atoms with Crippen LogP contribution < -0.4 is 21.3 Å². The number of aromatic nitrogens is 2. The van der Waals surface area contributed by atoms with Crippen molar-refractivity contribution >= 4 is 29.4 Å². The van der Waals surface area contributed by atoms with Crippen LogP contribution in [0.4, 0.5) is 22.0 Å². The molecule has 0 spiro atoms. The summed E-state index contributed by atoms with van der Waals surface area (Å²) in [7, 11) is 0. The number of urea groups is 1. The summed E-state index contributed by atoms with van der Waals surface area (Å²) in [6, 6.07) is 14.1. The van der Waals surface area contributed by atoms with Gasteiger partial charge in [0.15, 0.2) is 0 Å². The molecule has 3 rings (SSSR count). The number of hydrogen-bond acceptors (Lipinski definition) is 8. The summed E-state index contributed by atoms with van der Waals surface area (Å²) in [5.41, 5.74) is 11.5. The minimum Gasteiger partial charge on any atom is -0.386 e. The molecule has 1 aromatic carbocycles. The molecular formula is C25H29N9O. The van der Waals surface area contributed by atoms with Gasteiger partial charge in [0, 0.05) is 29.4 Å². The first kappa shape index (κ1) is 25.0. The lowest BCUT2D eigenvalue weighted by Gasteiger charge is -2.20. The zero-order chi connectivity index (χ0) is 25.0. The van der Waals surface area contributed by atoms with Gasteiger partial charge in [-0.15, -0.1) is 0 Å². The third-order valence-electron chi connectivity index (χ3n) is 5.14. The Labute approximate surface area is 204 Å². The molecule has 0 radical (unpaired) electrons. The van der Waals surface area contributed by atoms with Crippen molar-refractivity contribution in [1.29, 1.82) is 10.9 Å². The average Bonchev–Trinajstić information content (AvgIpc) is 2.86. The summed E-state index contributed by atoms with van der Waals surface area (Å²) in [5.74, 6) is 0.301. The van der Waals surface area contributed by atoms with Gasteiger partial charge in [-0.1, -0.05) is 36.9 Å². The van der Waals surface area contributed by atoms with Crippen LogP contribution >= 0.6 is 0 Å². The summed E-state index contributed by atoms with van der Waals surface area (Å²) in [6.07, 6.45) is 4.96. The van der Waals surface area contributed by atoms with E-state index in [9.17, 15) is 4.79 Å². The highest BCUT2D eigenvalue weighted by atomic mass is 16.2. The number of nitrogens with one attached hydrogen (secondary N) is 6. The fourth-order valence-electron chi connectivity index (χ4n) is 3.52. The average molecular weight is 472 g/mol. The minimum atomic E-state index is -0.444. The SMILES string of the molecule is C=CNCc1nc(NC(=O)NC(CCN=N)c2ccccc2)cc(C=N)c1Nc1ccnc(C)c1. The fraction of sp³-hybridized carbons (Fsp3) is 0.200. The van der Waals surface area contributed by atoms with E-state index in [0.29, 0.717) is 42.3 Å². The van der Waals surface area contributed by atoms with E-state index in [1.54, 1.807) is 18.5 Å². The van der Waals surface area contributed by atoms with Crippen molar-refractivity contribution in [2.24, 2.45) is 5.11 Å². The zero-order valence-electron chi connectivity index (χ0n) is 19.5. The van der Waals surface area contributed by atoms with E-state index in [4.69, 9.17) is 10.9 Å². The van der Waals surface area contributed by atoms with Crippen LogP contribution in [0.3, 0.4) is 0 Å². The van der Waals surface area contributed by atoms with Crippen molar-refractivity contribution in [2.75, 3.05) is 17.2 Å². The Morgan fingerprint density at radius 1 is 1.23 bits per heavy atom. The van der Waals surface area contributed by atoms with Crippen LogP contribution in [0.15, 0.2) is 72.6 Å². The van der Waals surface area contributed by atoms with E-state index in [1.807, 2.05) is 49.4 Å². The van der Waals surface area contributed by atoms with Crippen molar-refractivity contribution in [2.45, 2.75) is 25.9 Å². The number of hydrogen-bond donors (Lipinski definition) is 6. The summed E-state index contributed by atoms with van der Waals surface area (Å²) in [4.78, 5) is 21.7. The molecule has 2 heterocycles. The van der Waals surface area contributed by atoms with Gasteiger partial charge in [0.05, 0.1) is 30.5 Å². The third kappa shape index (κ3) is 7.19. The van der Waals surface area contributed by atoms with Crippen LogP contribution in [0.2, 0.25) is 0 Å². The molecule has 10 nitrogen and oxygen atoms in total. The maximum atomic E-state index is 12.8. The number of aryl methyl sites for hydroxylation is 1. The number of carbonyl (C=O) groups is 1. The van der Waals surface area contributed by atoms with E-state index in [0.717, 1.165) is 16.9 Å². The molecule has 180 valence electrons. The fourth-order valence-corrected chi connectivity index (χ4v) is 3.52. The molecule has 0 saturated heterocycles. The van der Waals surface area contributed by atoms with Crippen molar-refractivity contribution in [3.05, 3.63) is 90.0 Å². The Bertz CT molecular complexity index is 1180. The Balaban J connectivity index is 1.85. The Kier molecular flexibility index (Phi) is 9.00. The highest BCUT2D eigenvalue weighted by molar-refractivity contribution is 5.93. The second-order valence-corrected chi connectivity index (χ2v) is 7.69. The first-order valence-corrected chi connectivity index (χ1v) is 11.1. The zero-order valence-corrected chi connectivity index (χ0v) is 19.5. The van der Waals surface area contributed by atoms with Crippen LogP contribution in [-0.2, 0) is 6.54 Å². The number of benzene rings is 1. The molecule has 2 amide bonds. The summed E-state index contributed by atoms with van der Waals surface area (Å²) >= 11 is 0. The molecule has 10 heteroatoms. The maximum absolute atomic E-state index is 12.8. The molecule has 6 N–H and O–H groups in total. The molecule has 3 aromatic rings. The predicted molar refractivity (Wildman–Crippen MR) is 137 cm³/mol. The molecule has 0 aliphatic rings. The van der Waals surface area contributed by atoms with Gasteiger partial charge in [-0.3, -0.25) is 10.3 Å². The number of nitrogens with zero attached hydrogens (tertiary/aromatic N) is 3. The second-order valence-electron chi connectivity index (χ2n) is 7.69. The monoisotopic (exact) mass is 471 g/mol. The number of amides is 2. The Morgan fingerprint density at radius 3 is 2.71 bits per heavy atom. The molecule has 0 bridgehead atoms. The predicted octanol–water partition coefficient (Wildman–Crippen LogP) is 5.04. The lowest BCUT2D eigenvalue weighted by Crippen LogP contribution is -2.33. The smallest absolute Gasteiger partial charge is 0.320 e. The summed E-state index contributed by atoms with van der Waals surface area (Å²) in [6.45, 7) is 6.22. The number of rotatable bonds is 12. The first-order valence-electron chi connectivity index (χ1n) is 11.1. The molecular weight excluding hydrogens is 442 g/mol. The summed E-state index contributed by atoms with van der Waals surface area (Å²) in [5, 5.41) is 23.4. The van der Waals surface area contributed by atoms with Crippen LogP contribution in [0.5, 0.6) is 0 Å². The first-order chi connectivity index (χ1) is 17.0. The molecule has 2 aromatic heterocycles. The standard InChI is InChI=1S/C25H29N9O/c1-3-28-16-22-24(31-20-9-11-29-17(2)13-20)19(15-26)14-23(32-22)34-25(35)33-21(10-12-30-27)18-7-5-4-6-8-18/h3-9,11,13-15,21,26-28H,1,10,12,16H2,2H3,(H,29,31)(H2,32,33,34,35). The van der Waals surface area contributed by atoms with Crippen molar-refractivity contribution in [3.63, 3.8) is 0 Å². The lowest BCUT2D eigenvalue weighted by molar-refractivity contribution is 0.248. The van der Waals surface area contributed by atoms with E-state index in [2.05, 4.69) is 42.9 Å². The van der Waals surface area contributed by atoms with E-state index in [-0.39, 0.29) is 6.04 Å². The van der Waals surface area contributed by atoms with Gasteiger partial charge in [0.2, 0.25) is 0 Å². The van der Waals surface area contributed by atoms with Crippen LogP contribution in [0.25, 0.3) is 0 Å². The Hall–Kier alpha value is -4.60. The molecule has 1 atom stereocenters. The third-order valence-corrected chi connectivity index (χ3v) is 5.14. The number of pyridine rings is 2. The quantitative estimate of drug-likeness (QED) is 0.161. The normalized spacial score (nSPS) is 11.1. The van der Waals surface area contributed by atoms with Crippen molar-refractivity contribution in [3.8, 4) is 0 Å². The van der Waals surface area contributed by atoms with Crippen molar-refractivity contribution in [1.82, 2.24) is 20.6 Å². The van der Waals surface area contributed by atoms with Crippen LogP contribution in [0, 0.1) is 17.9 Å². The molecule has 0 saturated carbocycles. The second kappa shape index (κ2) is 12.6. The molecule has 0 aliphatic heterocycles. The lowest BCUT2D eigenvalue weighted by atomic mass is 10.0. The number of anilines is 3. The highest BCUT2D eigenvalue weighted by Gasteiger charge is 2.17. The molecule has 0 aliphatic carbocycles. The minimum absolute atomic E-state index is 0.294.